The third-order valence-corrected chi connectivity index (χ3v) is 5.33. The third kappa shape index (κ3) is 3.61. The van der Waals surface area contributed by atoms with Crippen molar-refractivity contribution < 1.29 is 19.5 Å². The average molecular weight is 403 g/mol. The molecule has 2 heterocycles. The van der Waals surface area contributed by atoms with E-state index in [1.807, 2.05) is 25.1 Å². The standard InChI is InChI=1S/C23H21N3O4/c1-15-14-25(22(29)16-6-3-2-4-7-16)12-13-26(15)23(30)21(28)19-11-10-17-18(24-19)8-5-9-20(17)27/h2-11,15,27H,12-14H2,1H3. The molecule has 1 fully saturated rings. The van der Waals surface area contributed by atoms with E-state index in [0.717, 1.165) is 0 Å². The second-order valence-corrected chi connectivity index (χ2v) is 7.33. The number of nitrogens with zero attached hydrogens (tertiary/aromatic N) is 3. The van der Waals surface area contributed by atoms with Crippen LogP contribution in [-0.2, 0) is 4.79 Å². The highest BCUT2D eigenvalue weighted by atomic mass is 16.3. The number of Topliss-reactive ketones (excluding diaryl/α,β-unsaturated/α-hetero) is 1. The maximum Gasteiger partial charge on any atom is 0.297 e. The molecule has 4 rings (SSSR count). The zero-order valence-electron chi connectivity index (χ0n) is 16.5. The quantitative estimate of drug-likeness (QED) is 0.536. The molecule has 30 heavy (non-hydrogen) atoms. The first kappa shape index (κ1) is 19.6. The predicted molar refractivity (Wildman–Crippen MR) is 111 cm³/mol. The highest BCUT2D eigenvalue weighted by Crippen LogP contribution is 2.23. The fourth-order valence-electron chi connectivity index (χ4n) is 3.71. The van der Waals surface area contributed by atoms with Crippen LogP contribution < -0.4 is 0 Å². The van der Waals surface area contributed by atoms with E-state index in [-0.39, 0.29) is 29.9 Å². The number of fused-ring (bicyclic) bond motifs is 1. The molecule has 0 aliphatic carbocycles. The molecule has 7 heteroatoms. The normalized spacial score (nSPS) is 16.5. The smallest absolute Gasteiger partial charge is 0.297 e. The number of carbonyl (C=O) groups excluding carboxylic acids is 3. The number of phenolic OH excluding ortho intramolecular Hbond substituents is 1. The molecule has 152 valence electrons. The Morgan fingerprint density at radius 1 is 0.967 bits per heavy atom. The van der Waals surface area contributed by atoms with E-state index in [2.05, 4.69) is 4.98 Å². The third-order valence-electron chi connectivity index (χ3n) is 5.33. The summed E-state index contributed by atoms with van der Waals surface area (Å²) in [5.41, 5.74) is 1.08. The van der Waals surface area contributed by atoms with Gasteiger partial charge in [-0.2, -0.15) is 0 Å². The molecule has 1 aliphatic rings. The van der Waals surface area contributed by atoms with Gasteiger partial charge >= 0.3 is 0 Å². The van der Waals surface area contributed by atoms with Gasteiger partial charge in [-0.05, 0) is 43.3 Å². The summed E-state index contributed by atoms with van der Waals surface area (Å²) in [5.74, 6) is -1.36. The van der Waals surface area contributed by atoms with E-state index in [0.29, 0.717) is 29.6 Å². The lowest BCUT2D eigenvalue weighted by atomic mass is 10.1. The molecular formula is C23H21N3O4. The van der Waals surface area contributed by atoms with E-state index in [1.54, 1.807) is 35.2 Å². The molecule has 0 radical (unpaired) electrons. The molecular weight excluding hydrogens is 382 g/mol. The number of benzene rings is 2. The summed E-state index contributed by atoms with van der Waals surface area (Å²) in [6.07, 6.45) is 0. The zero-order valence-corrected chi connectivity index (χ0v) is 16.5. The van der Waals surface area contributed by atoms with Gasteiger partial charge in [-0.3, -0.25) is 14.4 Å². The molecule has 1 unspecified atom stereocenters. The Bertz CT molecular complexity index is 1130. The molecule has 1 atom stereocenters. The lowest BCUT2D eigenvalue weighted by Gasteiger charge is -2.39. The van der Waals surface area contributed by atoms with Gasteiger partial charge in [-0.25, -0.2) is 4.98 Å². The highest BCUT2D eigenvalue weighted by molar-refractivity contribution is 6.42. The van der Waals surface area contributed by atoms with Gasteiger partial charge in [0.25, 0.3) is 17.6 Å². The van der Waals surface area contributed by atoms with E-state index >= 15 is 0 Å². The molecule has 3 aromatic rings. The largest absolute Gasteiger partial charge is 0.507 e. The van der Waals surface area contributed by atoms with Crippen LogP contribution in [0.4, 0.5) is 0 Å². The monoisotopic (exact) mass is 403 g/mol. The Kier molecular flexibility index (Phi) is 5.18. The Balaban J connectivity index is 1.48. The van der Waals surface area contributed by atoms with Crippen LogP contribution in [0.25, 0.3) is 10.9 Å². The van der Waals surface area contributed by atoms with Gasteiger partial charge in [-0.1, -0.05) is 24.3 Å². The van der Waals surface area contributed by atoms with Gasteiger partial charge in [0.05, 0.1) is 5.52 Å². The van der Waals surface area contributed by atoms with Crippen LogP contribution in [0.3, 0.4) is 0 Å². The van der Waals surface area contributed by atoms with Crippen molar-refractivity contribution in [1.82, 2.24) is 14.8 Å². The zero-order chi connectivity index (χ0) is 21.3. The first-order chi connectivity index (χ1) is 14.5. The summed E-state index contributed by atoms with van der Waals surface area (Å²) in [7, 11) is 0. The van der Waals surface area contributed by atoms with Crippen LogP contribution in [0.2, 0.25) is 0 Å². The van der Waals surface area contributed by atoms with Gasteiger partial charge in [0, 0.05) is 36.6 Å². The number of aromatic hydroxyl groups is 1. The van der Waals surface area contributed by atoms with E-state index in [1.165, 1.54) is 17.0 Å². The van der Waals surface area contributed by atoms with Crippen LogP contribution in [0.15, 0.2) is 60.7 Å². The molecule has 1 N–H and O–H groups in total. The minimum absolute atomic E-state index is 0.0353. The van der Waals surface area contributed by atoms with Crippen molar-refractivity contribution in [3.05, 3.63) is 71.9 Å². The number of hydrogen-bond acceptors (Lipinski definition) is 5. The molecule has 2 aromatic carbocycles. The minimum atomic E-state index is -0.699. The number of pyridine rings is 1. The number of hydrogen-bond donors (Lipinski definition) is 1. The second kappa shape index (κ2) is 7.94. The van der Waals surface area contributed by atoms with Crippen LogP contribution in [0.5, 0.6) is 5.75 Å². The van der Waals surface area contributed by atoms with Crippen LogP contribution in [0.1, 0.15) is 27.8 Å². The Labute approximate surface area is 173 Å². The molecule has 0 saturated carbocycles. The van der Waals surface area contributed by atoms with Gasteiger partial charge < -0.3 is 14.9 Å². The maximum absolute atomic E-state index is 12.8. The number of carbonyl (C=O) groups is 3. The maximum atomic E-state index is 12.8. The van der Waals surface area contributed by atoms with Gasteiger partial charge in [0.1, 0.15) is 11.4 Å². The molecule has 0 bridgehead atoms. The number of rotatable bonds is 3. The van der Waals surface area contributed by atoms with E-state index < -0.39 is 11.7 Å². The summed E-state index contributed by atoms with van der Waals surface area (Å²) in [5, 5.41) is 10.4. The topological polar surface area (TPSA) is 90.8 Å². The van der Waals surface area contributed by atoms with E-state index in [4.69, 9.17) is 0 Å². The summed E-state index contributed by atoms with van der Waals surface area (Å²) in [6, 6.07) is 16.6. The average Bonchev–Trinajstić information content (AvgIpc) is 2.78. The van der Waals surface area contributed by atoms with Gasteiger partial charge in [0.2, 0.25) is 0 Å². The van der Waals surface area contributed by atoms with Crippen LogP contribution in [0, 0.1) is 0 Å². The minimum Gasteiger partial charge on any atom is -0.507 e. The Hall–Kier alpha value is -3.74. The first-order valence-electron chi connectivity index (χ1n) is 9.74. The highest BCUT2D eigenvalue weighted by Gasteiger charge is 2.34. The van der Waals surface area contributed by atoms with Crippen LogP contribution >= 0.6 is 0 Å². The molecule has 2 amide bonds. The van der Waals surface area contributed by atoms with Crippen LogP contribution in [-0.4, -0.2) is 63.2 Å². The number of piperazine rings is 1. The first-order valence-corrected chi connectivity index (χ1v) is 9.74. The lowest BCUT2D eigenvalue weighted by molar-refractivity contribution is -0.130. The fraction of sp³-hybridized carbons (Fsp3) is 0.217. The van der Waals surface area contributed by atoms with Crippen molar-refractivity contribution in [3.8, 4) is 5.75 Å². The van der Waals surface area contributed by atoms with Crippen molar-refractivity contribution in [1.29, 1.82) is 0 Å². The summed E-state index contributed by atoms with van der Waals surface area (Å²) < 4.78 is 0. The SMILES string of the molecule is CC1CN(C(=O)c2ccccc2)CCN1C(=O)C(=O)c1ccc2c(O)cccc2n1. The molecule has 1 aliphatic heterocycles. The lowest BCUT2D eigenvalue weighted by Crippen LogP contribution is -2.56. The van der Waals surface area contributed by atoms with Crippen molar-refractivity contribution in [2.24, 2.45) is 0 Å². The van der Waals surface area contributed by atoms with Gasteiger partial charge in [-0.15, -0.1) is 0 Å². The Morgan fingerprint density at radius 3 is 2.47 bits per heavy atom. The van der Waals surface area contributed by atoms with Gasteiger partial charge in [0.15, 0.2) is 0 Å². The Morgan fingerprint density at radius 2 is 1.73 bits per heavy atom. The molecule has 7 nitrogen and oxygen atoms in total. The van der Waals surface area contributed by atoms with Crippen molar-refractivity contribution in [3.63, 3.8) is 0 Å². The fourth-order valence-corrected chi connectivity index (χ4v) is 3.71. The van der Waals surface area contributed by atoms with Crippen molar-refractivity contribution in [2.75, 3.05) is 19.6 Å². The van der Waals surface area contributed by atoms with Crippen molar-refractivity contribution in [2.45, 2.75) is 13.0 Å². The number of phenols is 1. The summed E-state index contributed by atoms with van der Waals surface area (Å²) >= 11 is 0. The number of amides is 2. The second-order valence-electron chi connectivity index (χ2n) is 7.33. The van der Waals surface area contributed by atoms with Crippen molar-refractivity contribution >= 4 is 28.5 Å². The number of ketones is 1. The summed E-state index contributed by atoms with van der Waals surface area (Å²) in [4.78, 5) is 45.7. The molecule has 1 aromatic heterocycles. The molecule has 1 saturated heterocycles. The summed E-state index contributed by atoms with van der Waals surface area (Å²) in [6.45, 7) is 2.81. The van der Waals surface area contributed by atoms with E-state index in [9.17, 15) is 19.5 Å². The predicted octanol–water partition coefficient (Wildman–Crippen LogP) is 2.50. The number of aromatic nitrogens is 1. The molecule has 0 spiro atoms.